The van der Waals surface area contributed by atoms with Gasteiger partial charge in [-0.2, -0.15) is 0 Å². The monoisotopic (exact) mass is 206 g/mol. The summed E-state index contributed by atoms with van der Waals surface area (Å²) in [5, 5.41) is 27.8. The van der Waals surface area contributed by atoms with Crippen LogP contribution in [0.1, 0.15) is 6.92 Å². The van der Waals surface area contributed by atoms with Crippen LogP contribution in [-0.2, 0) is 14.3 Å². The van der Waals surface area contributed by atoms with E-state index in [4.69, 9.17) is 9.84 Å². The summed E-state index contributed by atoms with van der Waals surface area (Å²) in [6.45, 7) is 0.945. The number of hydrogen-bond acceptors (Lipinski definition) is 6. The molecule has 1 aliphatic heterocycles. The van der Waals surface area contributed by atoms with Crippen molar-refractivity contribution in [3.05, 3.63) is 0 Å². The molecule has 14 heavy (non-hydrogen) atoms. The first-order chi connectivity index (χ1) is 6.52. The average molecular weight is 206 g/mol. The maximum Gasteiger partial charge on any atom is 0.302 e. The van der Waals surface area contributed by atoms with E-state index in [-0.39, 0.29) is 13.2 Å². The molecule has 0 saturated carbocycles. The smallest absolute Gasteiger partial charge is 0.302 e. The second-order valence-electron chi connectivity index (χ2n) is 3.23. The Kier molecular flexibility index (Phi) is 3.82. The Morgan fingerprint density at radius 2 is 2.29 bits per heavy atom. The van der Waals surface area contributed by atoms with E-state index in [9.17, 15) is 15.0 Å². The number of hydrogen-bond donors (Lipinski definition) is 3. The lowest BCUT2D eigenvalue weighted by molar-refractivity contribution is -0.148. The van der Waals surface area contributed by atoms with Crippen molar-refractivity contribution >= 4 is 5.97 Å². The molecule has 2 unspecified atom stereocenters. The highest BCUT2D eigenvalue weighted by Gasteiger charge is 2.39. The van der Waals surface area contributed by atoms with Crippen LogP contribution in [0.25, 0.3) is 0 Å². The first-order valence-corrected chi connectivity index (χ1v) is 4.31. The van der Waals surface area contributed by atoms with Crippen LogP contribution in [0.5, 0.6) is 0 Å². The lowest BCUT2D eigenvalue weighted by Crippen LogP contribution is -2.41. The van der Waals surface area contributed by atoms with E-state index in [1.165, 1.54) is 6.92 Å². The molecular weight excluding hydrogens is 192 g/mol. The van der Waals surface area contributed by atoms with Crippen LogP contribution < -0.4 is 0 Å². The highest BCUT2D eigenvalue weighted by Crippen LogP contribution is 2.17. The molecule has 4 atom stereocenters. The summed E-state index contributed by atoms with van der Waals surface area (Å²) in [5.74, 6) is -0.517. The van der Waals surface area contributed by atoms with E-state index < -0.39 is 30.4 Å². The van der Waals surface area contributed by atoms with Gasteiger partial charge in [-0.15, -0.1) is 0 Å². The van der Waals surface area contributed by atoms with Crippen molar-refractivity contribution in [2.24, 2.45) is 0 Å². The summed E-state index contributed by atoms with van der Waals surface area (Å²) < 4.78 is 9.47. The van der Waals surface area contributed by atoms with Crippen LogP contribution in [-0.4, -0.2) is 58.9 Å². The predicted molar refractivity (Wildman–Crippen MR) is 44.4 cm³/mol. The highest BCUT2D eigenvalue weighted by molar-refractivity contribution is 5.65. The van der Waals surface area contributed by atoms with Crippen LogP contribution in [0, 0.1) is 0 Å². The van der Waals surface area contributed by atoms with Crippen LogP contribution in [0.15, 0.2) is 0 Å². The Morgan fingerprint density at radius 3 is 2.71 bits per heavy atom. The zero-order valence-electron chi connectivity index (χ0n) is 7.79. The Bertz CT molecular complexity index is 206. The maximum atomic E-state index is 10.4. The SMILES string of the molecule is CC(=O)OC[C@@H](O)[C@H]1OCC(O)C1O. The normalized spacial score (nSPS) is 34.1. The summed E-state index contributed by atoms with van der Waals surface area (Å²) in [6, 6.07) is 0. The third-order valence-electron chi connectivity index (χ3n) is 2.03. The largest absolute Gasteiger partial charge is 0.463 e. The fourth-order valence-corrected chi connectivity index (χ4v) is 1.26. The van der Waals surface area contributed by atoms with Crippen molar-refractivity contribution in [1.82, 2.24) is 0 Å². The van der Waals surface area contributed by atoms with Gasteiger partial charge < -0.3 is 24.8 Å². The van der Waals surface area contributed by atoms with Crippen molar-refractivity contribution in [2.75, 3.05) is 13.2 Å². The third kappa shape index (κ3) is 2.65. The first-order valence-electron chi connectivity index (χ1n) is 4.31. The van der Waals surface area contributed by atoms with Crippen molar-refractivity contribution in [2.45, 2.75) is 31.3 Å². The molecule has 1 aliphatic rings. The van der Waals surface area contributed by atoms with Gasteiger partial charge in [-0.05, 0) is 0 Å². The standard InChI is InChI=1S/C8H14O6/c1-4(9)13-3-6(11)8-7(12)5(10)2-14-8/h5-8,10-12H,2-3H2,1H3/t5?,6-,7?,8-/m1/s1. The molecule has 82 valence electrons. The molecule has 1 saturated heterocycles. The molecule has 1 fully saturated rings. The number of carbonyl (C=O) groups is 1. The van der Waals surface area contributed by atoms with Gasteiger partial charge in [0.2, 0.25) is 0 Å². The molecule has 6 nitrogen and oxygen atoms in total. The first kappa shape index (κ1) is 11.4. The topological polar surface area (TPSA) is 96.2 Å². The van der Waals surface area contributed by atoms with E-state index in [2.05, 4.69) is 4.74 Å². The maximum absolute atomic E-state index is 10.4. The molecule has 0 aromatic heterocycles. The second kappa shape index (κ2) is 4.70. The zero-order valence-corrected chi connectivity index (χ0v) is 7.79. The van der Waals surface area contributed by atoms with Gasteiger partial charge in [0.25, 0.3) is 0 Å². The van der Waals surface area contributed by atoms with E-state index in [1.807, 2.05) is 0 Å². The van der Waals surface area contributed by atoms with Gasteiger partial charge in [-0.25, -0.2) is 0 Å². The van der Waals surface area contributed by atoms with Crippen molar-refractivity contribution in [3.63, 3.8) is 0 Å². The third-order valence-corrected chi connectivity index (χ3v) is 2.03. The quantitative estimate of drug-likeness (QED) is 0.464. The van der Waals surface area contributed by atoms with Gasteiger partial charge >= 0.3 is 5.97 Å². The summed E-state index contributed by atoms with van der Waals surface area (Å²) in [6.07, 6.45) is -4.15. The minimum Gasteiger partial charge on any atom is -0.463 e. The van der Waals surface area contributed by atoms with Gasteiger partial charge in [0, 0.05) is 6.92 Å². The van der Waals surface area contributed by atoms with Gasteiger partial charge in [0.05, 0.1) is 6.61 Å². The van der Waals surface area contributed by atoms with E-state index in [0.717, 1.165) is 0 Å². The molecule has 0 aromatic rings. The van der Waals surface area contributed by atoms with E-state index >= 15 is 0 Å². The van der Waals surface area contributed by atoms with Crippen molar-refractivity contribution in [1.29, 1.82) is 0 Å². The number of carbonyl (C=O) groups excluding carboxylic acids is 1. The molecule has 3 N–H and O–H groups in total. The minimum absolute atomic E-state index is 0.0248. The molecule has 0 radical (unpaired) electrons. The Balaban J connectivity index is 2.37. The minimum atomic E-state index is -1.14. The summed E-state index contributed by atoms with van der Waals surface area (Å²) in [7, 11) is 0. The molecular formula is C8H14O6. The Hall–Kier alpha value is -0.690. The highest BCUT2D eigenvalue weighted by atomic mass is 16.6. The number of aliphatic hydroxyl groups excluding tert-OH is 3. The molecule has 0 amide bonds. The van der Waals surface area contributed by atoms with Gasteiger partial charge in [0.15, 0.2) is 0 Å². The molecule has 0 spiro atoms. The van der Waals surface area contributed by atoms with Crippen molar-refractivity contribution in [3.8, 4) is 0 Å². The fourth-order valence-electron chi connectivity index (χ4n) is 1.26. The molecule has 1 rings (SSSR count). The molecule has 1 heterocycles. The zero-order chi connectivity index (χ0) is 10.7. The van der Waals surface area contributed by atoms with E-state index in [0.29, 0.717) is 0 Å². The summed E-state index contributed by atoms with van der Waals surface area (Å²) >= 11 is 0. The lowest BCUT2D eigenvalue weighted by Gasteiger charge is -2.20. The van der Waals surface area contributed by atoms with Gasteiger partial charge in [-0.1, -0.05) is 0 Å². The van der Waals surface area contributed by atoms with Crippen LogP contribution in [0.3, 0.4) is 0 Å². The Morgan fingerprint density at radius 1 is 1.64 bits per heavy atom. The Labute approximate surface area is 81.1 Å². The fraction of sp³-hybridized carbons (Fsp3) is 0.875. The molecule has 0 aliphatic carbocycles. The molecule has 6 heteroatoms. The van der Waals surface area contributed by atoms with Gasteiger partial charge in [0.1, 0.15) is 31.0 Å². The predicted octanol–water partition coefficient (Wildman–Crippen LogP) is -1.97. The summed E-state index contributed by atoms with van der Waals surface area (Å²) in [5.41, 5.74) is 0. The second-order valence-corrected chi connectivity index (χ2v) is 3.23. The number of ether oxygens (including phenoxy) is 2. The number of rotatable bonds is 3. The van der Waals surface area contributed by atoms with Crippen LogP contribution in [0.4, 0.5) is 0 Å². The van der Waals surface area contributed by atoms with Gasteiger partial charge in [-0.3, -0.25) is 4.79 Å². The average Bonchev–Trinajstić information content (AvgIpc) is 2.44. The van der Waals surface area contributed by atoms with Crippen LogP contribution >= 0.6 is 0 Å². The summed E-state index contributed by atoms with van der Waals surface area (Å²) in [4.78, 5) is 10.4. The number of aliphatic hydroxyl groups is 3. The molecule has 0 aromatic carbocycles. The molecule has 0 bridgehead atoms. The lowest BCUT2D eigenvalue weighted by atomic mass is 10.1. The van der Waals surface area contributed by atoms with Crippen molar-refractivity contribution < 1.29 is 29.6 Å². The van der Waals surface area contributed by atoms with Crippen LogP contribution in [0.2, 0.25) is 0 Å². The number of esters is 1. The van der Waals surface area contributed by atoms with E-state index in [1.54, 1.807) is 0 Å².